The molecule has 0 bridgehead atoms. The molecule has 0 unspecified atom stereocenters. The second kappa shape index (κ2) is 2.75. The highest BCUT2D eigenvalue weighted by molar-refractivity contribution is 5.27. The lowest BCUT2D eigenvalue weighted by molar-refractivity contribution is 0.597. The summed E-state index contributed by atoms with van der Waals surface area (Å²) in [4.78, 5) is 2.69. The number of hydrogen-bond acceptors (Lipinski definition) is 1. The van der Waals surface area contributed by atoms with Crippen LogP contribution in [0.4, 0.5) is 4.39 Å². The average Bonchev–Trinajstić information content (AvgIpc) is 2.30. The summed E-state index contributed by atoms with van der Waals surface area (Å²) in [7, 11) is 0. The number of nitriles is 1. The van der Waals surface area contributed by atoms with Gasteiger partial charge in [-0.25, -0.2) is 4.39 Å². The molecule has 1 rings (SSSR count). The number of hydrogen-bond donors (Lipinski definition) is 1. The van der Waals surface area contributed by atoms with Crippen LogP contribution < -0.4 is 0 Å². The number of aromatic amines is 1. The highest BCUT2D eigenvalue weighted by atomic mass is 19.1. The van der Waals surface area contributed by atoms with Gasteiger partial charge in [0.1, 0.15) is 17.6 Å². The van der Waals surface area contributed by atoms with E-state index in [0.29, 0.717) is 5.69 Å². The number of nitrogens with zero attached hydrogens (tertiary/aromatic N) is 1. The predicted molar refractivity (Wildman–Crippen MR) is 39.6 cm³/mol. The van der Waals surface area contributed by atoms with Crippen LogP contribution in [-0.2, 0) is 0 Å². The summed E-state index contributed by atoms with van der Waals surface area (Å²) >= 11 is 0. The van der Waals surface area contributed by atoms with Gasteiger partial charge in [-0.2, -0.15) is 5.26 Å². The fourth-order valence-electron chi connectivity index (χ4n) is 0.926. The SMILES string of the molecule is CC(C)c1[nH]c(C#N)cc1F. The molecule has 2 nitrogen and oxygen atoms in total. The van der Waals surface area contributed by atoms with Crippen molar-refractivity contribution >= 4 is 0 Å². The lowest BCUT2D eigenvalue weighted by atomic mass is 10.1. The Hall–Kier alpha value is -1.30. The van der Waals surface area contributed by atoms with Gasteiger partial charge in [0, 0.05) is 6.07 Å². The van der Waals surface area contributed by atoms with Gasteiger partial charge in [-0.15, -0.1) is 0 Å². The molecule has 0 spiro atoms. The summed E-state index contributed by atoms with van der Waals surface area (Å²) in [5.41, 5.74) is 0.785. The quantitative estimate of drug-likeness (QED) is 0.658. The minimum absolute atomic E-state index is 0.0945. The van der Waals surface area contributed by atoms with Crippen molar-refractivity contribution in [3.05, 3.63) is 23.3 Å². The van der Waals surface area contributed by atoms with Crippen LogP contribution >= 0.6 is 0 Å². The van der Waals surface area contributed by atoms with Gasteiger partial charge < -0.3 is 4.98 Å². The van der Waals surface area contributed by atoms with E-state index in [0.717, 1.165) is 0 Å². The molecule has 1 heterocycles. The summed E-state index contributed by atoms with van der Waals surface area (Å²) in [5, 5.41) is 8.41. The molecule has 0 aliphatic rings. The third-order valence-corrected chi connectivity index (χ3v) is 1.50. The van der Waals surface area contributed by atoms with Crippen molar-refractivity contribution in [2.45, 2.75) is 19.8 Å². The number of H-pyrrole nitrogens is 1. The van der Waals surface area contributed by atoms with E-state index < -0.39 is 0 Å². The van der Waals surface area contributed by atoms with Gasteiger partial charge in [-0.1, -0.05) is 13.8 Å². The van der Waals surface area contributed by atoms with Crippen molar-refractivity contribution in [3.8, 4) is 6.07 Å². The molecular weight excluding hydrogens is 143 g/mol. The Balaban J connectivity index is 3.09. The first kappa shape index (κ1) is 7.80. The Morgan fingerprint density at radius 3 is 2.55 bits per heavy atom. The van der Waals surface area contributed by atoms with E-state index in [2.05, 4.69) is 4.98 Å². The first-order chi connectivity index (χ1) is 5.15. The van der Waals surface area contributed by atoms with Crippen molar-refractivity contribution in [3.63, 3.8) is 0 Å². The summed E-state index contributed by atoms with van der Waals surface area (Å²) in [6, 6.07) is 3.07. The second-order valence-corrected chi connectivity index (χ2v) is 2.71. The van der Waals surface area contributed by atoms with Crippen LogP contribution in [0.1, 0.15) is 31.2 Å². The fraction of sp³-hybridized carbons (Fsp3) is 0.375. The molecule has 11 heavy (non-hydrogen) atoms. The number of aromatic nitrogens is 1. The maximum absolute atomic E-state index is 12.9. The zero-order chi connectivity index (χ0) is 8.43. The van der Waals surface area contributed by atoms with E-state index in [4.69, 9.17) is 5.26 Å². The number of rotatable bonds is 1. The van der Waals surface area contributed by atoms with Gasteiger partial charge in [0.2, 0.25) is 0 Å². The molecule has 1 aromatic heterocycles. The van der Waals surface area contributed by atoms with E-state index in [1.54, 1.807) is 0 Å². The third kappa shape index (κ3) is 1.40. The van der Waals surface area contributed by atoms with Gasteiger partial charge in [0.25, 0.3) is 0 Å². The van der Waals surface area contributed by atoms with Gasteiger partial charge in [-0.3, -0.25) is 0 Å². The molecule has 1 N–H and O–H groups in total. The van der Waals surface area contributed by atoms with Crippen LogP contribution in [0.25, 0.3) is 0 Å². The van der Waals surface area contributed by atoms with Crippen LogP contribution in [0.3, 0.4) is 0 Å². The maximum atomic E-state index is 12.9. The van der Waals surface area contributed by atoms with Crippen molar-refractivity contribution in [1.29, 1.82) is 5.26 Å². The molecule has 0 aliphatic heterocycles. The minimum atomic E-state index is -0.323. The number of halogens is 1. The summed E-state index contributed by atoms with van der Waals surface area (Å²) in [6.45, 7) is 3.74. The molecule has 0 fully saturated rings. The molecule has 0 saturated carbocycles. The molecule has 1 aromatic rings. The Labute approximate surface area is 64.7 Å². The Morgan fingerprint density at radius 1 is 1.64 bits per heavy atom. The zero-order valence-electron chi connectivity index (χ0n) is 6.48. The lowest BCUT2D eigenvalue weighted by Crippen LogP contribution is -1.90. The minimum Gasteiger partial charge on any atom is -0.348 e. The van der Waals surface area contributed by atoms with E-state index in [-0.39, 0.29) is 17.4 Å². The molecule has 0 amide bonds. The van der Waals surface area contributed by atoms with Crippen molar-refractivity contribution in [2.75, 3.05) is 0 Å². The van der Waals surface area contributed by atoms with E-state index in [1.807, 2.05) is 19.9 Å². The topological polar surface area (TPSA) is 39.6 Å². The number of nitrogens with one attached hydrogen (secondary N) is 1. The molecule has 0 saturated heterocycles. The van der Waals surface area contributed by atoms with Crippen molar-refractivity contribution < 1.29 is 4.39 Å². The van der Waals surface area contributed by atoms with Gasteiger partial charge in [0.15, 0.2) is 0 Å². The largest absolute Gasteiger partial charge is 0.348 e. The Kier molecular flexibility index (Phi) is 1.95. The monoisotopic (exact) mass is 152 g/mol. The molecule has 0 aliphatic carbocycles. The van der Waals surface area contributed by atoms with Crippen molar-refractivity contribution in [1.82, 2.24) is 4.98 Å². The van der Waals surface area contributed by atoms with E-state index >= 15 is 0 Å². The van der Waals surface area contributed by atoms with E-state index in [9.17, 15) is 4.39 Å². The first-order valence-corrected chi connectivity index (χ1v) is 3.43. The predicted octanol–water partition coefficient (Wildman–Crippen LogP) is 2.15. The molecule has 0 atom stereocenters. The maximum Gasteiger partial charge on any atom is 0.145 e. The average molecular weight is 152 g/mol. The molecule has 0 aromatic carbocycles. The molecule has 3 heteroatoms. The lowest BCUT2D eigenvalue weighted by Gasteiger charge is -1.99. The summed E-state index contributed by atoms with van der Waals surface area (Å²) < 4.78 is 12.9. The smallest absolute Gasteiger partial charge is 0.145 e. The van der Waals surface area contributed by atoms with Gasteiger partial charge in [-0.05, 0) is 5.92 Å². The molecule has 58 valence electrons. The van der Waals surface area contributed by atoms with Crippen LogP contribution in [0.15, 0.2) is 6.07 Å². The van der Waals surface area contributed by atoms with E-state index in [1.165, 1.54) is 6.07 Å². The van der Waals surface area contributed by atoms with Crippen molar-refractivity contribution in [2.24, 2.45) is 0 Å². The Bertz CT molecular complexity index is 294. The first-order valence-electron chi connectivity index (χ1n) is 3.43. The highest BCUT2D eigenvalue weighted by Gasteiger charge is 2.09. The normalized spacial score (nSPS) is 10.1. The molecule has 0 radical (unpaired) electrons. The third-order valence-electron chi connectivity index (χ3n) is 1.50. The molecular formula is C8H9FN2. The van der Waals surface area contributed by atoms with Gasteiger partial charge in [0.05, 0.1) is 5.69 Å². The summed E-state index contributed by atoms with van der Waals surface area (Å²) in [5.74, 6) is -0.228. The fourth-order valence-corrected chi connectivity index (χ4v) is 0.926. The Morgan fingerprint density at radius 2 is 2.27 bits per heavy atom. The second-order valence-electron chi connectivity index (χ2n) is 2.71. The highest BCUT2D eigenvalue weighted by Crippen LogP contribution is 2.17. The standard InChI is InChI=1S/C8H9FN2/c1-5(2)8-7(9)3-6(4-10)11-8/h3,5,11H,1-2H3. The van der Waals surface area contributed by atoms with Crippen LogP contribution in [-0.4, -0.2) is 4.98 Å². The zero-order valence-corrected chi connectivity index (χ0v) is 6.48. The van der Waals surface area contributed by atoms with Crippen LogP contribution in [0.5, 0.6) is 0 Å². The summed E-state index contributed by atoms with van der Waals surface area (Å²) in [6.07, 6.45) is 0. The van der Waals surface area contributed by atoms with Crippen LogP contribution in [0, 0.1) is 17.1 Å². The van der Waals surface area contributed by atoms with Gasteiger partial charge >= 0.3 is 0 Å². The van der Waals surface area contributed by atoms with Crippen LogP contribution in [0.2, 0.25) is 0 Å².